The van der Waals surface area contributed by atoms with Crippen molar-refractivity contribution in [2.45, 2.75) is 64.7 Å². The summed E-state index contributed by atoms with van der Waals surface area (Å²) in [5.74, 6) is -0.123. The van der Waals surface area contributed by atoms with Crippen LogP contribution in [0.25, 0.3) is 0 Å². The Labute approximate surface area is 143 Å². The molecule has 0 radical (unpaired) electrons. The first-order valence-corrected chi connectivity index (χ1v) is 8.70. The van der Waals surface area contributed by atoms with Crippen LogP contribution in [0.15, 0.2) is 29.4 Å². The number of nitro benzene ring substituents is 1. The zero-order valence-electron chi connectivity index (χ0n) is 14.4. The van der Waals surface area contributed by atoms with Gasteiger partial charge in [-0.25, -0.2) is 5.43 Å². The van der Waals surface area contributed by atoms with Gasteiger partial charge in [0.1, 0.15) is 0 Å². The molecule has 0 aliphatic carbocycles. The van der Waals surface area contributed by atoms with Crippen LogP contribution >= 0.6 is 0 Å². The fourth-order valence-corrected chi connectivity index (χ4v) is 2.37. The van der Waals surface area contributed by atoms with Crippen LogP contribution in [0.2, 0.25) is 0 Å². The van der Waals surface area contributed by atoms with Crippen LogP contribution in [0.3, 0.4) is 0 Å². The maximum Gasteiger partial charge on any atom is 0.270 e. The van der Waals surface area contributed by atoms with Crippen LogP contribution in [-0.2, 0) is 4.79 Å². The first kappa shape index (κ1) is 19.8. The van der Waals surface area contributed by atoms with Crippen molar-refractivity contribution in [3.63, 3.8) is 0 Å². The largest absolute Gasteiger partial charge is 0.273 e. The molecular weight excluding hydrogens is 306 g/mol. The lowest BCUT2D eigenvalue weighted by atomic mass is 10.1. The van der Waals surface area contributed by atoms with E-state index in [1.807, 2.05) is 0 Å². The molecule has 24 heavy (non-hydrogen) atoms. The van der Waals surface area contributed by atoms with Gasteiger partial charge in [0.25, 0.3) is 5.69 Å². The Morgan fingerprint density at radius 1 is 1.17 bits per heavy atom. The number of amides is 1. The number of nitrogens with zero attached hydrogens (tertiary/aromatic N) is 2. The number of hydrazone groups is 1. The SMILES string of the molecule is CCCCCCCCCCC(=O)NN=Cc1cccc([N+](=O)[O-])c1. The predicted molar refractivity (Wildman–Crippen MR) is 96.1 cm³/mol. The van der Waals surface area contributed by atoms with Gasteiger partial charge in [-0.05, 0) is 6.42 Å². The standard InChI is InChI=1S/C18H27N3O3/c1-2-3-4-5-6-7-8-9-13-18(22)20-19-15-16-11-10-12-17(14-16)21(23)24/h10-12,14-15H,2-9,13H2,1H3,(H,20,22). The summed E-state index contributed by atoms with van der Waals surface area (Å²) in [6, 6.07) is 6.11. The highest BCUT2D eigenvalue weighted by molar-refractivity contribution is 5.83. The number of non-ortho nitro benzene ring substituents is 1. The van der Waals surface area contributed by atoms with E-state index in [1.165, 1.54) is 56.9 Å². The van der Waals surface area contributed by atoms with Crippen molar-refractivity contribution in [2.75, 3.05) is 0 Å². The molecule has 6 heteroatoms. The molecule has 0 aromatic heterocycles. The Hall–Kier alpha value is -2.24. The van der Waals surface area contributed by atoms with E-state index in [-0.39, 0.29) is 11.6 Å². The van der Waals surface area contributed by atoms with Crippen LogP contribution in [-0.4, -0.2) is 17.0 Å². The Kier molecular flexibility index (Phi) is 10.1. The van der Waals surface area contributed by atoms with E-state index < -0.39 is 4.92 Å². The number of nitrogens with one attached hydrogen (secondary N) is 1. The van der Waals surface area contributed by atoms with E-state index in [2.05, 4.69) is 17.5 Å². The summed E-state index contributed by atoms with van der Waals surface area (Å²) in [5.41, 5.74) is 3.04. The number of carbonyl (C=O) groups is 1. The van der Waals surface area contributed by atoms with Crippen LogP contribution in [0.5, 0.6) is 0 Å². The quantitative estimate of drug-likeness (QED) is 0.263. The van der Waals surface area contributed by atoms with Crippen LogP contribution in [0.1, 0.15) is 70.3 Å². The predicted octanol–water partition coefficient (Wildman–Crippen LogP) is 4.58. The molecule has 0 spiro atoms. The average Bonchev–Trinajstić information content (AvgIpc) is 2.57. The molecule has 0 heterocycles. The van der Waals surface area contributed by atoms with Gasteiger partial charge in [0.2, 0.25) is 5.91 Å². The summed E-state index contributed by atoms with van der Waals surface area (Å²) < 4.78 is 0. The third-order valence-corrected chi connectivity index (χ3v) is 3.74. The second kappa shape index (κ2) is 12.2. The van der Waals surface area contributed by atoms with E-state index in [0.717, 1.165) is 12.8 Å². The van der Waals surface area contributed by atoms with Gasteiger partial charge in [0.05, 0.1) is 11.1 Å². The van der Waals surface area contributed by atoms with Crippen molar-refractivity contribution in [3.05, 3.63) is 39.9 Å². The zero-order chi connectivity index (χ0) is 17.6. The number of unbranched alkanes of at least 4 members (excludes halogenated alkanes) is 7. The molecule has 1 aromatic carbocycles. The maximum absolute atomic E-state index is 11.6. The van der Waals surface area contributed by atoms with Crippen molar-refractivity contribution >= 4 is 17.8 Å². The number of nitro groups is 1. The van der Waals surface area contributed by atoms with Crippen molar-refractivity contribution < 1.29 is 9.72 Å². The summed E-state index contributed by atoms with van der Waals surface area (Å²) in [7, 11) is 0. The molecule has 0 bridgehead atoms. The highest BCUT2D eigenvalue weighted by Gasteiger charge is 2.04. The molecule has 1 aromatic rings. The highest BCUT2D eigenvalue weighted by atomic mass is 16.6. The minimum atomic E-state index is -0.460. The summed E-state index contributed by atoms with van der Waals surface area (Å²) in [4.78, 5) is 21.9. The number of benzene rings is 1. The van der Waals surface area contributed by atoms with Crippen LogP contribution < -0.4 is 5.43 Å². The van der Waals surface area contributed by atoms with Gasteiger partial charge < -0.3 is 0 Å². The van der Waals surface area contributed by atoms with Crippen LogP contribution in [0, 0.1) is 10.1 Å². The lowest BCUT2D eigenvalue weighted by molar-refractivity contribution is -0.384. The molecule has 0 atom stereocenters. The molecule has 1 N–H and O–H groups in total. The van der Waals surface area contributed by atoms with E-state index >= 15 is 0 Å². The molecule has 1 amide bonds. The Bertz CT molecular complexity index is 544. The van der Waals surface area contributed by atoms with Crippen LogP contribution in [0.4, 0.5) is 5.69 Å². The first-order chi connectivity index (χ1) is 11.6. The summed E-state index contributed by atoms with van der Waals surface area (Å²) >= 11 is 0. The van der Waals surface area contributed by atoms with Gasteiger partial charge in [-0.15, -0.1) is 0 Å². The lowest BCUT2D eigenvalue weighted by Gasteiger charge is -2.01. The molecule has 0 fully saturated rings. The minimum absolute atomic E-state index is 0.00390. The molecule has 132 valence electrons. The molecular formula is C18H27N3O3. The number of hydrogen-bond donors (Lipinski definition) is 1. The number of hydrogen-bond acceptors (Lipinski definition) is 4. The fraction of sp³-hybridized carbons (Fsp3) is 0.556. The lowest BCUT2D eigenvalue weighted by Crippen LogP contribution is -2.16. The van der Waals surface area contributed by atoms with Gasteiger partial charge in [-0.1, -0.05) is 64.0 Å². The molecule has 0 saturated heterocycles. The van der Waals surface area contributed by atoms with E-state index in [4.69, 9.17) is 0 Å². The number of rotatable bonds is 12. The van der Waals surface area contributed by atoms with Gasteiger partial charge in [0, 0.05) is 24.1 Å². The van der Waals surface area contributed by atoms with E-state index in [9.17, 15) is 14.9 Å². The van der Waals surface area contributed by atoms with Crippen molar-refractivity contribution in [1.82, 2.24) is 5.43 Å². The summed E-state index contributed by atoms with van der Waals surface area (Å²) in [6.07, 6.45) is 11.4. The molecule has 0 unspecified atom stereocenters. The topological polar surface area (TPSA) is 84.6 Å². The first-order valence-electron chi connectivity index (χ1n) is 8.70. The Morgan fingerprint density at radius 3 is 2.50 bits per heavy atom. The van der Waals surface area contributed by atoms with E-state index in [0.29, 0.717) is 12.0 Å². The summed E-state index contributed by atoms with van der Waals surface area (Å²) in [6.45, 7) is 2.21. The monoisotopic (exact) mass is 333 g/mol. The van der Waals surface area contributed by atoms with Gasteiger partial charge >= 0.3 is 0 Å². The minimum Gasteiger partial charge on any atom is -0.273 e. The van der Waals surface area contributed by atoms with Gasteiger partial charge in [-0.3, -0.25) is 14.9 Å². The molecule has 6 nitrogen and oxygen atoms in total. The molecule has 0 saturated carbocycles. The second-order valence-corrected chi connectivity index (χ2v) is 5.87. The molecule has 1 rings (SSSR count). The molecule has 0 aliphatic heterocycles. The highest BCUT2D eigenvalue weighted by Crippen LogP contribution is 2.11. The Morgan fingerprint density at radius 2 is 1.83 bits per heavy atom. The Balaban J connectivity index is 2.15. The fourth-order valence-electron chi connectivity index (χ4n) is 2.37. The van der Waals surface area contributed by atoms with Crippen molar-refractivity contribution in [3.8, 4) is 0 Å². The second-order valence-electron chi connectivity index (χ2n) is 5.87. The van der Waals surface area contributed by atoms with Gasteiger partial charge in [0.15, 0.2) is 0 Å². The third-order valence-electron chi connectivity index (χ3n) is 3.74. The normalized spacial score (nSPS) is 10.9. The summed E-state index contributed by atoms with van der Waals surface area (Å²) in [5, 5.41) is 14.5. The molecule has 0 aliphatic rings. The smallest absolute Gasteiger partial charge is 0.270 e. The third kappa shape index (κ3) is 9.02. The van der Waals surface area contributed by atoms with Gasteiger partial charge in [-0.2, -0.15) is 5.10 Å². The van der Waals surface area contributed by atoms with Crippen molar-refractivity contribution in [1.29, 1.82) is 0 Å². The van der Waals surface area contributed by atoms with Crippen molar-refractivity contribution in [2.24, 2.45) is 5.10 Å². The van der Waals surface area contributed by atoms with E-state index in [1.54, 1.807) is 12.1 Å². The maximum atomic E-state index is 11.6. The zero-order valence-corrected chi connectivity index (χ0v) is 14.4. The number of carbonyl (C=O) groups excluding carboxylic acids is 1. The average molecular weight is 333 g/mol.